The van der Waals surface area contributed by atoms with Crippen LogP contribution in [0.15, 0.2) is 65.8 Å². The zero-order valence-corrected chi connectivity index (χ0v) is 17.4. The molecule has 4 nitrogen and oxygen atoms in total. The van der Waals surface area contributed by atoms with Crippen LogP contribution in [-0.4, -0.2) is 14.8 Å². The molecular weight excluding hydrogens is 413 g/mol. The number of nitrogens with zero attached hydrogens (tertiary/aromatic N) is 3. The van der Waals surface area contributed by atoms with Gasteiger partial charge in [0, 0.05) is 17.8 Å². The van der Waals surface area contributed by atoms with Crippen molar-refractivity contribution >= 4 is 45.7 Å². The molecule has 1 aromatic heterocycles. The Kier molecular flexibility index (Phi) is 5.76. The minimum Gasteiger partial charge on any atom is -0.484 e. The first-order valence-corrected chi connectivity index (χ1v) is 10.4. The molecule has 0 saturated heterocycles. The Morgan fingerprint density at radius 3 is 2.68 bits per heavy atom. The Labute approximate surface area is 177 Å². The van der Waals surface area contributed by atoms with Gasteiger partial charge in [0.25, 0.3) is 0 Å². The molecule has 0 unspecified atom stereocenters. The molecule has 0 saturated carbocycles. The lowest BCUT2D eigenvalue weighted by molar-refractivity contribution is 0.290. The van der Waals surface area contributed by atoms with E-state index in [1.165, 1.54) is 16.3 Å². The second-order valence-electron chi connectivity index (χ2n) is 6.25. The molecule has 4 rings (SSSR count). The number of ether oxygens (including phenoxy) is 1. The number of thioether (sulfide) groups is 1. The summed E-state index contributed by atoms with van der Waals surface area (Å²) >= 11 is 13.7. The highest BCUT2D eigenvalue weighted by Gasteiger charge is 2.12. The summed E-state index contributed by atoms with van der Waals surface area (Å²) < 4.78 is 7.71. The lowest BCUT2D eigenvalue weighted by atomic mass is 10.1. The summed E-state index contributed by atoms with van der Waals surface area (Å²) in [6.45, 7) is 0.277. The fraction of sp³-hybridized carbons (Fsp3) is 0.143. The number of halogens is 2. The lowest BCUT2D eigenvalue weighted by Crippen LogP contribution is -2.04. The first-order valence-electron chi connectivity index (χ1n) is 8.67. The molecule has 1 heterocycles. The van der Waals surface area contributed by atoms with E-state index in [2.05, 4.69) is 52.7 Å². The average Bonchev–Trinajstić information content (AvgIpc) is 3.05. The summed E-state index contributed by atoms with van der Waals surface area (Å²) in [6.07, 6.45) is 0. The monoisotopic (exact) mass is 429 g/mol. The van der Waals surface area contributed by atoms with E-state index < -0.39 is 0 Å². The predicted molar refractivity (Wildman–Crippen MR) is 115 cm³/mol. The molecule has 0 atom stereocenters. The Bertz CT molecular complexity index is 1120. The maximum atomic E-state index is 6.15. The second-order valence-corrected chi connectivity index (χ2v) is 8.03. The SMILES string of the molecule is Cn1c(COc2ccc(Cl)cc2Cl)nnc1SCc1cccc2ccccc12. The van der Waals surface area contributed by atoms with Crippen LogP contribution < -0.4 is 4.74 Å². The molecule has 3 aromatic carbocycles. The van der Waals surface area contributed by atoms with E-state index in [1.807, 2.05) is 11.6 Å². The minimum atomic E-state index is 0.277. The van der Waals surface area contributed by atoms with Crippen LogP contribution >= 0.6 is 35.0 Å². The van der Waals surface area contributed by atoms with Crippen molar-refractivity contribution in [3.8, 4) is 5.75 Å². The van der Waals surface area contributed by atoms with Gasteiger partial charge in [-0.2, -0.15) is 0 Å². The number of hydrogen-bond donors (Lipinski definition) is 0. The Morgan fingerprint density at radius 1 is 1.00 bits per heavy atom. The zero-order chi connectivity index (χ0) is 19.5. The van der Waals surface area contributed by atoms with E-state index in [9.17, 15) is 0 Å². The van der Waals surface area contributed by atoms with E-state index in [0.717, 1.165) is 16.7 Å². The van der Waals surface area contributed by atoms with Crippen molar-refractivity contribution in [3.05, 3.63) is 82.1 Å². The summed E-state index contributed by atoms with van der Waals surface area (Å²) in [5.74, 6) is 2.11. The molecule has 0 bridgehead atoms. The van der Waals surface area contributed by atoms with Crippen molar-refractivity contribution in [3.63, 3.8) is 0 Å². The van der Waals surface area contributed by atoms with Crippen molar-refractivity contribution in [2.45, 2.75) is 17.5 Å². The van der Waals surface area contributed by atoms with Crippen LogP contribution in [0.5, 0.6) is 5.75 Å². The molecule has 0 N–H and O–H groups in total. The minimum absolute atomic E-state index is 0.277. The maximum Gasteiger partial charge on any atom is 0.191 e. The van der Waals surface area contributed by atoms with Gasteiger partial charge in [-0.15, -0.1) is 10.2 Å². The smallest absolute Gasteiger partial charge is 0.191 e. The Hall–Kier alpha value is -2.21. The third-order valence-corrected chi connectivity index (χ3v) is 6.01. The zero-order valence-electron chi connectivity index (χ0n) is 15.1. The van der Waals surface area contributed by atoms with Gasteiger partial charge in [-0.1, -0.05) is 77.4 Å². The molecule has 0 aliphatic heterocycles. The van der Waals surface area contributed by atoms with Gasteiger partial charge in [0.1, 0.15) is 12.4 Å². The number of rotatable bonds is 6. The molecule has 0 fully saturated rings. The molecule has 4 aromatic rings. The van der Waals surface area contributed by atoms with Gasteiger partial charge in [0.05, 0.1) is 5.02 Å². The van der Waals surface area contributed by atoms with Crippen LogP contribution in [0.1, 0.15) is 11.4 Å². The topological polar surface area (TPSA) is 39.9 Å². The summed E-state index contributed by atoms with van der Waals surface area (Å²) in [5.41, 5.74) is 1.27. The normalized spacial score (nSPS) is 11.1. The van der Waals surface area contributed by atoms with Crippen LogP contribution in [0, 0.1) is 0 Å². The molecule has 142 valence electrons. The van der Waals surface area contributed by atoms with Crippen molar-refractivity contribution in [2.24, 2.45) is 7.05 Å². The molecule has 28 heavy (non-hydrogen) atoms. The van der Waals surface area contributed by atoms with E-state index in [0.29, 0.717) is 15.8 Å². The summed E-state index contributed by atoms with van der Waals surface area (Å²) in [6, 6.07) is 19.9. The Morgan fingerprint density at radius 2 is 1.82 bits per heavy atom. The molecule has 0 amide bonds. The van der Waals surface area contributed by atoms with Crippen molar-refractivity contribution in [2.75, 3.05) is 0 Å². The predicted octanol–water partition coefficient (Wildman–Crippen LogP) is 6.15. The van der Waals surface area contributed by atoms with Gasteiger partial charge < -0.3 is 9.30 Å². The van der Waals surface area contributed by atoms with Crippen LogP contribution in [-0.2, 0) is 19.4 Å². The largest absolute Gasteiger partial charge is 0.484 e. The van der Waals surface area contributed by atoms with E-state index in [-0.39, 0.29) is 6.61 Å². The summed E-state index contributed by atoms with van der Waals surface area (Å²) in [5, 5.41) is 12.9. The highest BCUT2D eigenvalue weighted by atomic mass is 35.5. The molecule has 0 aliphatic carbocycles. The molecular formula is C21H17Cl2N3OS. The molecule has 0 spiro atoms. The van der Waals surface area contributed by atoms with Gasteiger partial charge >= 0.3 is 0 Å². The van der Waals surface area contributed by atoms with E-state index >= 15 is 0 Å². The average molecular weight is 430 g/mol. The summed E-state index contributed by atoms with van der Waals surface area (Å²) in [4.78, 5) is 0. The van der Waals surface area contributed by atoms with Crippen molar-refractivity contribution in [1.29, 1.82) is 0 Å². The first-order chi connectivity index (χ1) is 13.6. The van der Waals surface area contributed by atoms with Crippen LogP contribution in [0.25, 0.3) is 10.8 Å². The lowest BCUT2D eigenvalue weighted by Gasteiger charge is -2.09. The Balaban J connectivity index is 1.45. The van der Waals surface area contributed by atoms with Crippen LogP contribution in [0.3, 0.4) is 0 Å². The van der Waals surface area contributed by atoms with Crippen molar-refractivity contribution in [1.82, 2.24) is 14.8 Å². The summed E-state index contributed by atoms with van der Waals surface area (Å²) in [7, 11) is 1.94. The molecule has 0 radical (unpaired) electrons. The van der Waals surface area contributed by atoms with E-state index in [1.54, 1.807) is 30.0 Å². The highest BCUT2D eigenvalue weighted by Crippen LogP contribution is 2.29. The fourth-order valence-corrected chi connectivity index (χ4v) is 4.29. The molecule has 0 aliphatic rings. The van der Waals surface area contributed by atoms with Gasteiger partial charge in [0.2, 0.25) is 0 Å². The second kappa shape index (κ2) is 8.43. The fourth-order valence-electron chi connectivity index (χ4n) is 2.89. The highest BCUT2D eigenvalue weighted by molar-refractivity contribution is 7.98. The number of hydrogen-bond acceptors (Lipinski definition) is 4. The van der Waals surface area contributed by atoms with Gasteiger partial charge in [-0.3, -0.25) is 0 Å². The van der Waals surface area contributed by atoms with Crippen LogP contribution in [0.2, 0.25) is 10.0 Å². The quantitative estimate of drug-likeness (QED) is 0.344. The van der Waals surface area contributed by atoms with Gasteiger partial charge in [-0.05, 0) is 34.5 Å². The number of benzene rings is 3. The third-order valence-electron chi connectivity index (χ3n) is 4.41. The first kappa shape index (κ1) is 19.1. The van der Waals surface area contributed by atoms with E-state index in [4.69, 9.17) is 27.9 Å². The number of aromatic nitrogens is 3. The van der Waals surface area contributed by atoms with Gasteiger partial charge in [-0.25, -0.2) is 0 Å². The number of fused-ring (bicyclic) bond motifs is 1. The molecule has 7 heteroatoms. The standard InChI is InChI=1S/C21H17Cl2N3OS/c1-26-20(12-27-19-10-9-16(22)11-18(19)23)24-25-21(26)28-13-15-7-4-6-14-5-2-3-8-17(14)15/h2-11H,12-13H2,1H3. The van der Waals surface area contributed by atoms with Gasteiger partial charge in [0.15, 0.2) is 11.0 Å². The van der Waals surface area contributed by atoms with Crippen molar-refractivity contribution < 1.29 is 4.74 Å². The maximum absolute atomic E-state index is 6.15. The third kappa shape index (κ3) is 4.12. The van der Waals surface area contributed by atoms with Crippen LogP contribution in [0.4, 0.5) is 0 Å².